The second-order valence-corrected chi connectivity index (χ2v) is 6.01. The predicted octanol–water partition coefficient (Wildman–Crippen LogP) is 4.18. The molecule has 0 spiro atoms. The lowest BCUT2D eigenvalue weighted by atomic mass is 10.2. The maximum Gasteiger partial charge on any atom is 0.140 e. The number of pyridine rings is 1. The number of anilines is 1. The van der Waals surface area contributed by atoms with Crippen LogP contribution in [-0.4, -0.2) is 16.4 Å². The van der Waals surface area contributed by atoms with Gasteiger partial charge in [-0.2, -0.15) is 0 Å². The lowest BCUT2D eigenvalue weighted by molar-refractivity contribution is 0.756. The fourth-order valence-corrected chi connectivity index (χ4v) is 3.22. The molecule has 0 amide bonds. The Hall–Kier alpha value is 0.200. The minimum absolute atomic E-state index is 0.224. The SMILES string of the molecule is ClC1CCCC1Nc1ncc(Br)cc1Br. The van der Waals surface area contributed by atoms with Crippen LogP contribution < -0.4 is 5.32 Å². The molecule has 1 aliphatic rings. The van der Waals surface area contributed by atoms with Crippen LogP contribution in [0.4, 0.5) is 5.82 Å². The van der Waals surface area contributed by atoms with Crippen molar-refractivity contribution in [3.05, 3.63) is 21.2 Å². The average Bonchev–Trinajstić information content (AvgIpc) is 2.57. The van der Waals surface area contributed by atoms with E-state index in [0.29, 0.717) is 6.04 Å². The van der Waals surface area contributed by atoms with Gasteiger partial charge >= 0.3 is 0 Å². The highest BCUT2D eigenvalue weighted by molar-refractivity contribution is 9.11. The van der Waals surface area contributed by atoms with Gasteiger partial charge in [-0.15, -0.1) is 11.6 Å². The van der Waals surface area contributed by atoms with Gasteiger partial charge in [0, 0.05) is 16.7 Å². The van der Waals surface area contributed by atoms with Crippen molar-refractivity contribution in [2.75, 3.05) is 5.32 Å². The number of alkyl halides is 1. The van der Waals surface area contributed by atoms with Gasteiger partial charge in [-0.1, -0.05) is 0 Å². The van der Waals surface area contributed by atoms with Crippen LogP contribution in [0.3, 0.4) is 0 Å². The summed E-state index contributed by atoms with van der Waals surface area (Å²) in [7, 11) is 0. The second kappa shape index (κ2) is 5.02. The van der Waals surface area contributed by atoms with Crippen LogP contribution >= 0.6 is 43.5 Å². The summed E-state index contributed by atoms with van der Waals surface area (Å²) in [5.74, 6) is 0.871. The predicted molar refractivity (Wildman–Crippen MR) is 70.5 cm³/mol. The van der Waals surface area contributed by atoms with E-state index in [1.54, 1.807) is 6.20 Å². The summed E-state index contributed by atoms with van der Waals surface area (Å²) in [6.45, 7) is 0. The Morgan fingerprint density at radius 2 is 2.20 bits per heavy atom. The molecule has 2 nitrogen and oxygen atoms in total. The van der Waals surface area contributed by atoms with Crippen LogP contribution in [0.1, 0.15) is 19.3 Å². The van der Waals surface area contributed by atoms with E-state index in [0.717, 1.165) is 27.6 Å². The summed E-state index contributed by atoms with van der Waals surface area (Å²) in [4.78, 5) is 4.31. The van der Waals surface area contributed by atoms with Crippen LogP contribution in [0.5, 0.6) is 0 Å². The van der Waals surface area contributed by atoms with Crippen LogP contribution in [0.25, 0.3) is 0 Å². The fourth-order valence-electron chi connectivity index (χ4n) is 1.77. The lowest BCUT2D eigenvalue weighted by Gasteiger charge is -2.17. The molecule has 0 radical (unpaired) electrons. The molecule has 0 bridgehead atoms. The molecule has 1 saturated carbocycles. The highest BCUT2D eigenvalue weighted by Gasteiger charge is 2.25. The summed E-state index contributed by atoms with van der Waals surface area (Å²) in [6.07, 6.45) is 5.19. The van der Waals surface area contributed by atoms with Gasteiger partial charge in [-0.3, -0.25) is 0 Å². The normalized spacial score (nSPS) is 25.5. The Morgan fingerprint density at radius 1 is 1.40 bits per heavy atom. The Bertz CT molecular complexity index is 359. The largest absolute Gasteiger partial charge is 0.365 e. The molecule has 0 saturated heterocycles. The number of halogens is 3. The first-order chi connectivity index (χ1) is 7.16. The van der Waals surface area contributed by atoms with Crippen molar-refractivity contribution < 1.29 is 0 Å². The smallest absolute Gasteiger partial charge is 0.140 e. The topological polar surface area (TPSA) is 24.9 Å². The van der Waals surface area contributed by atoms with Gasteiger partial charge in [0.2, 0.25) is 0 Å². The number of nitrogens with one attached hydrogen (secondary N) is 1. The third-order valence-electron chi connectivity index (χ3n) is 2.56. The van der Waals surface area contributed by atoms with E-state index >= 15 is 0 Å². The van der Waals surface area contributed by atoms with Crippen molar-refractivity contribution in [2.45, 2.75) is 30.7 Å². The molecular formula is C10H11Br2ClN2. The Kier molecular flexibility index (Phi) is 3.91. The van der Waals surface area contributed by atoms with Gasteiger partial charge < -0.3 is 5.32 Å². The van der Waals surface area contributed by atoms with Crippen molar-refractivity contribution in [1.29, 1.82) is 0 Å². The monoisotopic (exact) mass is 352 g/mol. The minimum atomic E-state index is 0.224. The van der Waals surface area contributed by atoms with Crippen molar-refractivity contribution in [3.63, 3.8) is 0 Å². The highest BCUT2D eigenvalue weighted by atomic mass is 79.9. The molecule has 1 aromatic rings. The standard InChI is InChI=1S/C10H11Br2ClN2/c11-6-4-7(12)10(14-5-6)15-9-3-1-2-8(9)13/h4-5,8-9H,1-3H2,(H,14,15). The maximum absolute atomic E-state index is 6.20. The van der Waals surface area contributed by atoms with E-state index < -0.39 is 0 Å². The van der Waals surface area contributed by atoms with Gasteiger partial charge in [0.05, 0.1) is 9.85 Å². The lowest BCUT2D eigenvalue weighted by Crippen LogP contribution is -2.24. The number of nitrogens with zero attached hydrogens (tertiary/aromatic N) is 1. The first-order valence-electron chi connectivity index (χ1n) is 4.88. The summed E-state index contributed by atoms with van der Waals surface area (Å²) in [5.41, 5.74) is 0. The molecule has 15 heavy (non-hydrogen) atoms. The van der Waals surface area contributed by atoms with Gasteiger partial charge in [-0.05, 0) is 57.2 Å². The van der Waals surface area contributed by atoms with Gasteiger partial charge in [0.25, 0.3) is 0 Å². The van der Waals surface area contributed by atoms with Crippen LogP contribution in [0, 0.1) is 0 Å². The van der Waals surface area contributed by atoms with Crippen molar-refractivity contribution >= 4 is 49.3 Å². The first kappa shape index (κ1) is 11.7. The molecule has 0 aliphatic heterocycles. The van der Waals surface area contributed by atoms with E-state index in [2.05, 4.69) is 42.2 Å². The zero-order chi connectivity index (χ0) is 10.8. The molecule has 1 N–H and O–H groups in total. The quantitative estimate of drug-likeness (QED) is 0.806. The van der Waals surface area contributed by atoms with E-state index in [1.165, 1.54) is 6.42 Å². The fraction of sp³-hybridized carbons (Fsp3) is 0.500. The summed E-state index contributed by atoms with van der Waals surface area (Å²) < 4.78 is 1.93. The highest BCUT2D eigenvalue weighted by Crippen LogP contribution is 2.30. The number of rotatable bonds is 2. The average molecular weight is 354 g/mol. The number of hydrogen-bond acceptors (Lipinski definition) is 2. The van der Waals surface area contributed by atoms with Crippen molar-refractivity contribution in [1.82, 2.24) is 4.98 Å². The third-order valence-corrected chi connectivity index (χ3v) is 4.12. The Morgan fingerprint density at radius 3 is 2.80 bits per heavy atom. The van der Waals surface area contributed by atoms with Gasteiger partial charge in [-0.25, -0.2) is 4.98 Å². The molecule has 82 valence electrons. The molecule has 1 fully saturated rings. The van der Waals surface area contributed by atoms with Crippen LogP contribution in [-0.2, 0) is 0 Å². The molecule has 1 aromatic heterocycles. The van der Waals surface area contributed by atoms with Gasteiger partial charge in [0.15, 0.2) is 0 Å². The zero-order valence-electron chi connectivity index (χ0n) is 8.01. The second-order valence-electron chi connectivity index (χ2n) is 3.68. The molecule has 2 atom stereocenters. The molecule has 5 heteroatoms. The van der Waals surface area contributed by atoms with E-state index in [4.69, 9.17) is 11.6 Å². The molecular weight excluding hydrogens is 343 g/mol. The first-order valence-corrected chi connectivity index (χ1v) is 6.90. The molecule has 2 unspecified atom stereocenters. The van der Waals surface area contributed by atoms with Gasteiger partial charge in [0.1, 0.15) is 5.82 Å². The van der Waals surface area contributed by atoms with Crippen LogP contribution in [0.15, 0.2) is 21.2 Å². The molecule has 1 heterocycles. The Labute approximate surface area is 111 Å². The molecule has 1 aliphatic carbocycles. The summed E-state index contributed by atoms with van der Waals surface area (Å²) in [6, 6.07) is 2.32. The maximum atomic E-state index is 6.20. The summed E-state index contributed by atoms with van der Waals surface area (Å²) in [5, 5.41) is 3.60. The minimum Gasteiger partial charge on any atom is -0.365 e. The molecule has 2 rings (SSSR count). The number of aromatic nitrogens is 1. The van der Waals surface area contributed by atoms with E-state index in [9.17, 15) is 0 Å². The third kappa shape index (κ3) is 2.86. The van der Waals surface area contributed by atoms with Crippen molar-refractivity contribution in [3.8, 4) is 0 Å². The Balaban J connectivity index is 2.10. The van der Waals surface area contributed by atoms with Crippen LogP contribution in [0.2, 0.25) is 0 Å². The summed E-state index contributed by atoms with van der Waals surface area (Å²) >= 11 is 13.0. The van der Waals surface area contributed by atoms with E-state index in [-0.39, 0.29) is 5.38 Å². The zero-order valence-corrected chi connectivity index (χ0v) is 11.9. The van der Waals surface area contributed by atoms with E-state index in [1.807, 2.05) is 6.07 Å². The number of hydrogen-bond donors (Lipinski definition) is 1. The van der Waals surface area contributed by atoms with Crippen molar-refractivity contribution in [2.24, 2.45) is 0 Å². The molecule has 0 aromatic carbocycles.